The molecule has 9 heteroatoms. The Labute approximate surface area is 110 Å². The van der Waals surface area contributed by atoms with Gasteiger partial charge < -0.3 is 9.84 Å². The maximum atomic E-state index is 12.2. The second-order valence-corrected chi connectivity index (χ2v) is 3.37. The standard InChI is InChI=1S/C11H7F2NO6/c12-11(13)20-9-4-7(5-15)8(14(18)19)3-6(9)1-2-10(16)17/h1-5,11H,(H,16,17)/b2-1+. The highest BCUT2D eigenvalue weighted by Crippen LogP contribution is 2.30. The van der Waals surface area contributed by atoms with Crippen LogP contribution in [0.2, 0.25) is 0 Å². The fraction of sp³-hybridized carbons (Fsp3) is 0.0909. The zero-order valence-electron chi connectivity index (χ0n) is 9.66. The first-order valence-electron chi connectivity index (χ1n) is 4.98. The van der Waals surface area contributed by atoms with Crippen LogP contribution in [0.5, 0.6) is 5.75 Å². The molecule has 106 valence electrons. The number of halogens is 2. The van der Waals surface area contributed by atoms with Gasteiger partial charge >= 0.3 is 12.6 Å². The lowest BCUT2D eigenvalue weighted by Gasteiger charge is -2.09. The highest BCUT2D eigenvalue weighted by Gasteiger charge is 2.19. The Balaban J connectivity index is 3.42. The lowest BCUT2D eigenvalue weighted by atomic mass is 10.1. The highest BCUT2D eigenvalue weighted by molar-refractivity contribution is 5.88. The predicted octanol–water partition coefficient (Wildman–Crippen LogP) is 2.11. The van der Waals surface area contributed by atoms with Crippen molar-refractivity contribution in [3.8, 4) is 5.75 Å². The Kier molecular flexibility index (Phi) is 4.84. The van der Waals surface area contributed by atoms with Gasteiger partial charge in [-0.15, -0.1) is 0 Å². The van der Waals surface area contributed by atoms with E-state index in [1.807, 2.05) is 0 Å². The molecule has 0 heterocycles. The summed E-state index contributed by atoms with van der Waals surface area (Å²) in [6.07, 6.45) is 1.56. The molecule has 0 radical (unpaired) electrons. The van der Waals surface area contributed by atoms with Crippen molar-refractivity contribution in [2.45, 2.75) is 6.61 Å². The minimum absolute atomic E-state index is 0.112. The maximum absolute atomic E-state index is 12.2. The molecule has 0 aliphatic rings. The van der Waals surface area contributed by atoms with Gasteiger partial charge in [-0.2, -0.15) is 8.78 Å². The minimum atomic E-state index is -3.23. The van der Waals surface area contributed by atoms with Gasteiger partial charge in [-0.1, -0.05) is 0 Å². The monoisotopic (exact) mass is 287 g/mol. The van der Waals surface area contributed by atoms with E-state index in [4.69, 9.17) is 5.11 Å². The molecule has 0 aliphatic heterocycles. The number of carbonyl (C=O) groups is 2. The summed E-state index contributed by atoms with van der Waals surface area (Å²) in [5, 5.41) is 19.2. The van der Waals surface area contributed by atoms with Crippen molar-refractivity contribution in [3.05, 3.63) is 39.4 Å². The Morgan fingerprint density at radius 3 is 2.50 bits per heavy atom. The number of nitrogens with zero attached hydrogens (tertiary/aromatic N) is 1. The molecule has 0 fully saturated rings. The molecule has 0 unspecified atom stereocenters. The lowest BCUT2D eigenvalue weighted by Crippen LogP contribution is -2.05. The van der Waals surface area contributed by atoms with E-state index in [-0.39, 0.29) is 11.8 Å². The molecule has 1 aromatic rings. The van der Waals surface area contributed by atoms with Crippen molar-refractivity contribution in [1.82, 2.24) is 0 Å². The number of carboxylic acids is 1. The van der Waals surface area contributed by atoms with Crippen LogP contribution >= 0.6 is 0 Å². The van der Waals surface area contributed by atoms with Gasteiger partial charge in [0.05, 0.1) is 10.5 Å². The van der Waals surface area contributed by atoms with Crippen molar-refractivity contribution in [2.75, 3.05) is 0 Å². The molecule has 0 amide bonds. The highest BCUT2D eigenvalue weighted by atomic mass is 19.3. The van der Waals surface area contributed by atoms with Crippen LogP contribution in [0.4, 0.5) is 14.5 Å². The number of carbonyl (C=O) groups excluding carboxylic acids is 1. The third-order valence-corrected chi connectivity index (χ3v) is 2.10. The molecule has 1 N–H and O–H groups in total. The number of alkyl halides is 2. The number of ether oxygens (including phenoxy) is 1. The van der Waals surface area contributed by atoms with Crippen LogP contribution in [-0.2, 0) is 4.79 Å². The largest absolute Gasteiger partial charge is 0.478 e. The summed E-state index contributed by atoms with van der Waals surface area (Å²) < 4.78 is 28.5. The van der Waals surface area contributed by atoms with Crippen molar-refractivity contribution in [2.24, 2.45) is 0 Å². The molecule has 1 rings (SSSR count). The van der Waals surface area contributed by atoms with Crippen LogP contribution in [0.15, 0.2) is 18.2 Å². The molecule has 1 aromatic carbocycles. The maximum Gasteiger partial charge on any atom is 0.387 e. The molecule has 0 atom stereocenters. The van der Waals surface area contributed by atoms with Gasteiger partial charge in [0.1, 0.15) is 5.75 Å². The molecular weight excluding hydrogens is 280 g/mol. The third-order valence-electron chi connectivity index (χ3n) is 2.10. The fourth-order valence-electron chi connectivity index (χ4n) is 1.34. The van der Waals surface area contributed by atoms with E-state index in [0.717, 1.165) is 18.2 Å². The fourth-order valence-corrected chi connectivity index (χ4v) is 1.34. The molecule has 20 heavy (non-hydrogen) atoms. The number of rotatable bonds is 6. The molecule has 0 saturated heterocycles. The topological polar surface area (TPSA) is 107 Å². The summed E-state index contributed by atoms with van der Waals surface area (Å²) >= 11 is 0. The summed E-state index contributed by atoms with van der Waals surface area (Å²) in [6.45, 7) is -3.23. The number of aliphatic carboxylic acids is 1. The SMILES string of the molecule is O=Cc1cc(OC(F)F)c(/C=C/C(=O)O)cc1[N+](=O)[O-]. The average Bonchev–Trinajstić information content (AvgIpc) is 2.35. The summed E-state index contributed by atoms with van der Waals surface area (Å²) in [4.78, 5) is 30.9. The van der Waals surface area contributed by atoms with E-state index in [2.05, 4.69) is 4.74 Å². The van der Waals surface area contributed by atoms with Gasteiger partial charge in [-0.25, -0.2) is 4.79 Å². The van der Waals surface area contributed by atoms with Crippen LogP contribution < -0.4 is 4.74 Å². The van der Waals surface area contributed by atoms with E-state index in [9.17, 15) is 28.5 Å². The molecule has 0 bridgehead atoms. The third kappa shape index (κ3) is 3.83. The van der Waals surface area contributed by atoms with E-state index in [1.165, 1.54) is 0 Å². The number of carboxylic acid groups (broad SMARTS) is 1. The Morgan fingerprint density at radius 2 is 2.05 bits per heavy atom. The molecule has 0 aliphatic carbocycles. The van der Waals surface area contributed by atoms with E-state index < -0.39 is 34.5 Å². The van der Waals surface area contributed by atoms with E-state index in [1.54, 1.807) is 0 Å². The van der Waals surface area contributed by atoms with Crippen LogP contribution in [0, 0.1) is 10.1 Å². The van der Waals surface area contributed by atoms with Crippen molar-refractivity contribution < 1.29 is 33.1 Å². The molecule has 7 nitrogen and oxygen atoms in total. The van der Waals surface area contributed by atoms with Crippen molar-refractivity contribution in [3.63, 3.8) is 0 Å². The van der Waals surface area contributed by atoms with Crippen LogP contribution in [-0.4, -0.2) is 28.9 Å². The first-order chi connectivity index (χ1) is 9.35. The molecule has 0 spiro atoms. The Hall–Kier alpha value is -2.84. The first-order valence-corrected chi connectivity index (χ1v) is 4.98. The Bertz CT molecular complexity index is 585. The normalized spacial score (nSPS) is 10.8. The molecule has 0 aromatic heterocycles. The second-order valence-electron chi connectivity index (χ2n) is 3.37. The van der Waals surface area contributed by atoms with Gasteiger partial charge in [0.2, 0.25) is 0 Å². The number of hydrogen-bond donors (Lipinski definition) is 1. The van der Waals surface area contributed by atoms with Gasteiger partial charge in [-0.05, 0) is 12.1 Å². The summed E-state index contributed by atoms with van der Waals surface area (Å²) in [5.41, 5.74) is -1.37. The second kappa shape index (κ2) is 6.36. The Morgan fingerprint density at radius 1 is 1.40 bits per heavy atom. The zero-order valence-corrected chi connectivity index (χ0v) is 9.66. The minimum Gasteiger partial charge on any atom is -0.478 e. The van der Waals surface area contributed by atoms with Crippen molar-refractivity contribution >= 4 is 24.0 Å². The molecule has 0 saturated carbocycles. The smallest absolute Gasteiger partial charge is 0.387 e. The van der Waals surface area contributed by atoms with Crippen molar-refractivity contribution in [1.29, 1.82) is 0 Å². The van der Waals surface area contributed by atoms with Gasteiger partial charge in [0, 0.05) is 17.7 Å². The van der Waals surface area contributed by atoms with Crippen LogP contribution in [0.25, 0.3) is 6.08 Å². The first kappa shape index (κ1) is 15.2. The summed E-state index contributed by atoms with van der Waals surface area (Å²) in [7, 11) is 0. The lowest BCUT2D eigenvalue weighted by molar-refractivity contribution is -0.385. The number of benzene rings is 1. The van der Waals surface area contributed by atoms with Gasteiger partial charge in [0.15, 0.2) is 6.29 Å². The predicted molar refractivity (Wildman–Crippen MR) is 61.8 cm³/mol. The number of aldehydes is 1. The van der Waals surface area contributed by atoms with E-state index in [0.29, 0.717) is 6.08 Å². The molecular formula is C11H7F2NO6. The van der Waals surface area contributed by atoms with Crippen LogP contribution in [0.3, 0.4) is 0 Å². The summed E-state index contributed by atoms with van der Waals surface area (Å²) in [5.74, 6) is -1.92. The van der Waals surface area contributed by atoms with Gasteiger partial charge in [-0.3, -0.25) is 14.9 Å². The quantitative estimate of drug-likeness (QED) is 0.371. The number of nitro benzene ring substituents is 1. The van der Waals surface area contributed by atoms with Gasteiger partial charge in [0.25, 0.3) is 5.69 Å². The van der Waals surface area contributed by atoms with Crippen LogP contribution in [0.1, 0.15) is 15.9 Å². The number of nitro groups is 1. The summed E-state index contributed by atoms with van der Waals surface area (Å²) in [6, 6.07) is 1.53. The number of hydrogen-bond acceptors (Lipinski definition) is 5. The van der Waals surface area contributed by atoms with E-state index >= 15 is 0 Å². The zero-order chi connectivity index (χ0) is 15.3. The average molecular weight is 287 g/mol.